The first-order chi connectivity index (χ1) is 13.4. The molecule has 0 saturated heterocycles. The molecule has 2 amide bonds. The van der Waals surface area contributed by atoms with Gasteiger partial charge in [-0.05, 0) is 32.1 Å². The van der Waals surface area contributed by atoms with E-state index in [1.54, 1.807) is 0 Å². The summed E-state index contributed by atoms with van der Waals surface area (Å²) in [6.45, 7) is 5.90. The molecule has 0 heterocycles. The van der Waals surface area contributed by atoms with Crippen molar-refractivity contribution in [2.24, 2.45) is 0 Å². The van der Waals surface area contributed by atoms with Crippen molar-refractivity contribution in [2.45, 2.75) is 78.2 Å². The van der Waals surface area contributed by atoms with Gasteiger partial charge in [0.15, 0.2) is 0 Å². The summed E-state index contributed by atoms with van der Waals surface area (Å²) in [6, 6.07) is -1.56. The Labute approximate surface area is 167 Å². The van der Waals surface area contributed by atoms with Gasteiger partial charge in [0.05, 0.1) is 13.0 Å². The van der Waals surface area contributed by atoms with Gasteiger partial charge in [-0.25, -0.2) is 4.79 Å². The predicted molar refractivity (Wildman–Crippen MR) is 106 cm³/mol. The van der Waals surface area contributed by atoms with E-state index in [1.807, 2.05) is 45.1 Å². The van der Waals surface area contributed by atoms with Gasteiger partial charge in [0, 0.05) is 12.8 Å². The Balaban J connectivity index is 5.36. The van der Waals surface area contributed by atoms with Crippen LogP contribution in [0, 0.1) is 0 Å². The molecule has 0 aliphatic heterocycles. The minimum Gasteiger partial charge on any atom is -0.480 e. The lowest BCUT2D eigenvalue weighted by molar-refractivity contribution is -0.161. The molecule has 0 fully saturated rings. The highest BCUT2D eigenvalue weighted by Gasteiger charge is 2.35. The monoisotopic (exact) mass is 395 g/mol. The molecule has 1 atom stereocenters. The first-order valence-electron chi connectivity index (χ1n) is 9.92. The molecule has 0 aromatic heterocycles. The predicted octanol–water partition coefficient (Wildman–Crippen LogP) is 3.63. The van der Waals surface area contributed by atoms with Crippen LogP contribution >= 0.6 is 0 Å². The lowest BCUT2D eigenvalue weighted by Gasteiger charge is -2.26. The number of carbonyl (C=O) groups is 4. The molecule has 0 aliphatic carbocycles. The fraction of sp³-hybridized carbons (Fsp3) is 0.619. The van der Waals surface area contributed by atoms with E-state index in [0.29, 0.717) is 19.3 Å². The van der Waals surface area contributed by atoms with Gasteiger partial charge in [0.2, 0.25) is 11.8 Å². The van der Waals surface area contributed by atoms with E-state index in [-0.39, 0.29) is 19.4 Å². The van der Waals surface area contributed by atoms with Crippen LogP contribution in [0.5, 0.6) is 0 Å². The van der Waals surface area contributed by atoms with E-state index < -0.39 is 36.2 Å². The van der Waals surface area contributed by atoms with Gasteiger partial charge in [-0.1, -0.05) is 45.1 Å². The van der Waals surface area contributed by atoms with Gasteiger partial charge in [-0.15, -0.1) is 0 Å². The summed E-state index contributed by atoms with van der Waals surface area (Å²) >= 11 is 0. The molecule has 0 aliphatic rings. The SMILES string of the molecule is CC/C=C/CCC(=O)N(C(=O)CC/C=C/CC)C(CC(=O)OCCC)C(=O)O. The van der Waals surface area contributed by atoms with Gasteiger partial charge in [0.1, 0.15) is 6.04 Å². The van der Waals surface area contributed by atoms with Crippen LogP contribution in [0.1, 0.15) is 72.1 Å². The largest absolute Gasteiger partial charge is 0.480 e. The molecule has 0 bridgehead atoms. The molecule has 0 saturated carbocycles. The molecular weight excluding hydrogens is 362 g/mol. The number of carboxylic acids is 1. The summed E-state index contributed by atoms with van der Waals surface area (Å²) in [5, 5.41) is 9.55. The number of hydrogen-bond donors (Lipinski definition) is 1. The summed E-state index contributed by atoms with van der Waals surface area (Å²) in [4.78, 5) is 49.6. The first kappa shape index (κ1) is 25.6. The Bertz CT molecular complexity index is 537. The average molecular weight is 395 g/mol. The van der Waals surface area contributed by atoms with Crippen LogP contribution in [0.3, 0.4) is 0 Å². The zero-order chi connectivity index (χ0) is 21.4. The normalized spacial score (nSPS) is 12.2. The number of allylic oxidation sites excluding steroid dienone is 4. The van der Waals surface area contributed by atoms with Crippen molar-refractivity contribution in [1.29, 1.82) is 0 Å². The van der Waals surface area contributed by atoms with Gasteiger partial charge in [0.25, 0.3) is 0 Å². The molecule has 0 aromatic carbocycles. The summed E-state index contributed by atoms with van der Waals surface area (Å²) in [6.07, 6.45) is 9.91. The fourth-order valence-electron chi connectivity index (χ4n) is 2.43. The summed E-state index contributed by atoms with van der Waals surface area (Å²) in [5.74, 6) is -3.33. The molecular formula is C21H33NO6. The van der Waals surface area contributed by atoms with E-state index in [0.717, 1.165) is 17.7 Å². The number of aliphatic carboxylic acids is 1. The van der Waals surface area contributed by atoms with E-state index in [1.165, 1.54) is 0 Å². The van der Waals surface area contributed by atoms with Crippen LogP contribution in [-0.2, 0) is 23.9 Å². The van der Waals surface area contributed by atoms with Gasteiger partial charge in [-0.3, -0.25) is 19.3 Å². The Kier molecular flexibility index (Phi) is 14.2. The third-order valence-electron chi connectivity index (χ3n) is 3.82. The molecule has 1 N–H and O–H groups in total. The van der Waals surface area contributed by atoms with Crippen molar-refractivity contribution in [3.63, 3.8) is 0 Å². The number of imide groups is 1. The van der Waals surface area contributed by atoms with E-state index >= 15 is 0 Å². The van der Waals surface area contributed by atoms with Crippen molar-refractivity contribution < 1.29 is 29.0 Å². The van der Waals surface area contributed by atoms with Crippen LogP contribution in [-0.4, -0.2) is 46.4 Å². The number of ether oxygens (including phenoxy) is 1. The van der Waals surface area contributed by atoms with Crippen LogP contribution in [0.2, 0.25) is 0 Å². The fourth-order valence-corrected chi connectivity index (χ4v) is 2.43. The summed E-state index contributed by atoms with van der Waals surface area (Å²) < 4.78 is 4.93. The lowest BCUT2D eigenvalue weighted by Crippen LogP contribution is -2.49. The standard InChI is InChI=1S/C21H33NO6/c1-4-7-9-11-13-18(23)22(19(24)14-12-10-8-5-2)17(21(26)27)16-20(25)28-15-6-3/h7-10,17H,4-6,11-16H2,1-3H3,(H,26,27)/b9-7+,10-8+. The number of carbonyl (C=O) groups excluding carboxylic acids is 3. The number of rotatable bonds is 14. The Morgan fingerprint density at radius 3 is 1.79 bits per heavy atom. The van der Waals surface area contributed by atoms with Crippen molar-refractivity contribution >= 4 is 23.8 Å². The molecule has 0 spiro atoms. The van der Waals surface area contributed by atoms with Crippen LogP contribution in [0.4, 0.5) is 0 Å². The summed E-state index contributed by atoms with van der Waals surface area (Å²) in [5.41, 5.74) is 0. The maximum absolute atomic E-state index is 12.6. The van der Waals surface area contributed by atoms with E-state index in [9.17, 15) is 24.3 Å². The molecule has 0 aromatic rings. The maximum atomic E-state index is 12.6. The number of carboxylic acid groups (broad SMARTS) is 1. The van der Waals surface area contributed by atoms with Gasteiger partial charge >= 0.3 is 11.9 Å². The highest BCUT2D eigenvalue weighted by atomic mass is 16.5. The van der Waals surface area contributed by atoms with Crippen molar-refractivity contribution in [3.05, 3.63) is 24.3 Å². The van der Waals surface area contributed by atoms with Crippen molar-refractivity contribution in [3.8, 4) is 0 Å². The second kappa shape index (κ2) is 15.6. The molecule has 0 radical (unpaired) electrons. The number of esters is 1. The molecule has 7 nitrogen and oxygen atoms in total. The minimum absolute atomic E-state index is 0.000820. The zero-order valence-corrected chi connectivity index (χ0v) is 17.2. The Morgan fingerprint density at radius 2 is 1.39 bits per heavy atom. The average Bonchev–Trinajstić information content (AvgIpc) is 2.66. The van der Waals surface area contributed by atoms with Crippen LogP contribution in [0.25, 0.3) is 0 Å². The quantitative estimate of drug-likeness (QED) is 0.356. The minimum atomic E-state index is -1.56. The summed E-state index contributed by atoms with van der Waals surface area (Å²) in [7, 11) is 0. The van der Waals surface area contributed by atoms with Crippen molar-refractivity contribution in [1.82, 2.24) is 4.90 Å². The smallest absolute Gasteiger partial charge is 0.327 e. The molecule has 158 valence electrons. The maximum Gasteiger partial charge on any atom is 0.327 e. The lowest BCUT2D eigenvalue weighted by atomic mass is 10.1. The highest BCUT2D eigenvalue weighted by Crippen LogP contribution is 2.14. The number of nitrogens with zero attached hydrogens (tertiary/aromatic N) is 1. The third-order valence-corrected chi connectivity index (χ3v) is 3.82. The number of amides is 2. The molecule has 0 rings (SSSR count). The highest BCUT2D eigenvalue weighted by molar-refractivity contribution is 6.00. The van der Waals surface area contributed by atoms with E-state index in [2.05, 4.69) is 0 Å². The van der Waals surface area contributed by atoms with Crippen molar-refractivity contribution in [2.75, 3.05) is 6.61 Å². The van der Waals surface area contributed by atoms with E-state index in [4.69, 9.17) is 4.74 Å². The number of hydrogen-bond acceptors (Lipinski definition) is 5. The first-order valence-corrected chi connectivity index (χ1v) is 9.92. The topological polar surface area (TPSA) is 101 Å². The molecule has 1 unspecified atom stereocenters. The second-order valence-corrected chi connectivity index (χ2v) is 6.27. The zero-order valence-electron chi connectivity index (χ0n) is 17.2. The Morgan fingerprint density at radius 1 is 0.893 bits per heavy atom. The van der Waals surface area contributed by atoms with Gasteiger partial charge in [-0.2, -0.15) is 0 Å². The molecule has 28 heavy (non-hydrogen) atoms. The Hall–Kier alpha value is -2.44. The second-order valence-electron chi connectivity index (χ2n) is 6.27. The third kappa shape index (κ3) is 10.6. The molecule has 7 heteroatoms. The van der Waals surface area contributed by atoms with Gasteiger partial charge < -0.3 is 9.84 Å². The van der Waals surface area contributed by atoms with Crippen LogP contribution in [0.15, 0.2) is 24.3 Å². The van der Waals surface area contributed by atoms with Crippen LogP contribution < -0.4 is 0 Å².